The minimum atomic E-state index is 0.176. The van der Waals surface area contributed by atoms with Crippen LogP contribution in [0.2, 0.25) is 0 Å². The van der Waals surface area contributed by atoms with E-state index in [1.165, 1.54) is 5.56 Å². The van der Waals surface area contributed by atoms with Crippen molar-refractivity contribution in [2.75, 3.05) is 26.2 Å². The van der Waals surface area contributed by atoms with Gasteiger partial charge in [-0.1, -0.05) is 26.0 Å². The molecule has 1 N–H and O–H groups in total. The fraction of sp³-hybridized carbons (Fsp3) is 0.591. The smallest absolute Gasteiger partial charge is 0.225 e. The molecule has 0 aliphatic carbocycles. The summed E-state index contributed by atoms with van der Waals surface area (Å²) in [7, 11) is 0. The zero-order valence-corrected chi connectivity index (χ0v) is 17.4. The number of fused-ring (bicyclic) bond motifs is 1. The summed E-state index contributed by atoms with van der Waals surface area (Å²) < 4.78 is 8.03. The van der Waals surface area contributed by atoms with Gasteiger partial charge in [0.25, 0.3) is 0 Å². The molecule has 1 saturated heterocycles. The van der Waals surface area contributed by atoms with Crippen LogP contribution in [0.25, 0.3) is 0 Å². The van der Waals surface area contributed by atoms with E-state index in [2.05, 4.69) is 46.1 Å². The van der Waals surface area contributed by atoms with Crippen LogP contribution in [0.1, 0.15) is 62.2 Å². The molecule has 2 aliphatic heterocycles. The van der Waals surface area contributed by atoms with Crippen LogP contribution in [-0.4, -0.2) is 51.8 Å². The van der Waals surface area contributed by atoms with Gasteiger partial charge in [-0.15, -0.1) is 10.2 Å². The zero-order chi connectivity index (χ0) is 20.2. The number of amides is 1. The quantitative estimate of drug-likeness (QED) is 0.811. The third-order valence-electron chi connectivity index (χ3n) is 6.00. The highest BCUT2D eigenvalue weighted by Crippen LogP contribution is 2.28. The monoisotopic (exact) mass is 397 g/mol. The average molecular weight is 398 g/mol. The van der Waals surface area contributed by atoms with Crippen molar-refractivity contribution in [3.63, 3.8) is 0 Å². The maximum absolute atomic E-state index is 12.6. The molecule has 4 rings (SSSR count). The van der Waals surface area contributed by atoms with Crippen molar-refractivity contribution in [2.24, 2.45) is 0 Å². The molecule has 156 valence electrons. The highest BCUT2D eigenvalue weighted by Gasteiger charge is 2.28. The number of piperidine rings is 1. The van der Waals surface area contributed by atoms with Crippen LogP contribution in [0, 0.1) is 0 Å². The number of aromatic nitrogens is 3. The van der Waals surface area contributed by atoms with Gasteiger partial charge in [-0.2, -0.15) is 0 Å². The molecule has 2 aromatic rings. The Labute approximate surface area is 172 Å². The number of carbonyl (C=O) groups is 1. The summed E-state index contributed by atoms with van der Waals surface area (Å²) in [5.41, 5.74) is 1.29. The van der Waals surface area contributed by atoms with Gasteiger partial charge in [0.2, 0.25) is 5.91 Å². The molecule has 2 aliphatic rings. The summed E-state index contributed by atoms with van der Waals surface area (Å²) in [6.07, 6.45) is 2.33. The normalized spacial score (nSPS) is 17.4. The first-order valence-electron chi connectivity index (χ1n) is 10.7. The van der Waals surface area contributed by atoms with Crippen molar-refractivity contribution < 1.29 is 9.53 Å². The number of ether oxygens (including phenoxy) is 1. The molecular weight excluding hydrogens is 366 g/mol. The first-order valence-corrected chi connectivity index (χ1v) is 10.7. The molecule has 3 heterocycles. The largest absolute Gasteiger partial charge is 0.493 e. The molecule has 0 radical (unpaired) electrons. The van der Waals surface area contributed by atoms with Gasteiger partial charge in [-0.05, 0) is 36.5 Å². The van der Waals surface area contributed by atoms with E-state index in [1.807, 2.05) is 17.0 Å². The van der Waals surface area contributed by atoms with E-state index < -0.39 is 0 Å². The highest BCUT2D eigenvalue weighted by molar-refractivity contribution is 5.76. The van der Waals surface area contributed by atoms with Crippen LogP contribution in [0.4, 0.5) is 0 Å². The van der Waals surface area contributed by atoms with Crippen molar-refractivity contribution in [1.82, 2.24) is 25.0 Å². The fourth-order valence-electron chi connectivity index (χ4n) is 4.17. The summed E-state index contributed by atoms with van der Waals surface area (Å²) >= 11 is 0. The lowest BCUT2D eigenvalue weighted by Crippen LogP contribution is -2.39. The standard InChI is InChI=1S/C22H31N5O2/c1-16(2)17-3-5-19(6-4-17)29-14-9-21(28)26-11-7-18(8-12-26)22-25-24-20-15-23-10-13-27(20)22/h3-6,16,18,23H,7-15H2,1-2H3. The topological polar surface area (TPSA) is 72.3 Å². The van der Waals surface area contributed by atoms with Crippen molar-refractivity contribution in [2.45, 2.75) is 58.0 Å². The molecule has 0 bridgehead atoms. The Morgan fingerprint density at radius 1 is 1.17 bits per heavy atom. The van der Waals surface area contributed by atoms with Gasteiger partial charge >= 0.3 is 0 Å². The molecular formula is C22H31N5O2. The van der Waals surface area contributed by atoms with E-state index in [1.54, 1.807) is 0 Å². The van der Waals surface area contributed by atoms with Gasteiger partial charge < -0.3 is 19.5 Å². The second-order valence-corrected chi connectivity index (χ2v) is 8.28. The average Bonchev–Trinajstić information content (AvgIpc) is 3.18. The first kappa shape index (κ1) is 19.9. The van der Waals surface area contributed by atoms with Gasteiger partial charge in [0.1, 0.15) is 17.4 Å². The van der Waals surface area contributed by atoms with Gasteiger partial charge in [0, 0.05) is 32.1 Å². The van der Waals surface area contributed by atoms with E-state index in [-0.39, 0.29) is 5.91 Å². The summed E-state index contributed by atoms with van der Waals surface area (Å²) in [6.45, 7) is 9.04. The second kappa shape index (κ2) is 8.95. The molecule has 0 atom stereocenters. The maximum Gasteiger partial charge on any atom is 0.225 e. The zero-order valence-electron chi connectivity index (χ0n) is 17.4. The molecule has 0 unspecified atom stereocenters. The summed E-state index contributed by atoms with van der Waals surface area (Å²) in [5.74, 6) is 4.04. The Bertz CT molecular complexity index is 822. The lowest BCUT2D eigenvalue weighted by molar-refractivity contribution is -0.132. The number of hydrogen-bond donors (Lipinski definition) is 1. The predicted octanol–water partition coefficient (Wildman–Crippen LogP) is 2.68. The third-order valence-corrected chi connectivity index (χ3v) is 6.00. The van der Waals surface area contributed by atoms with Gasteiger partial charge in [-0.3, -0.25) is 4.79 Å². The number of likely N-dealkylation sites (tertiary alicyclic amines) is 1. The minimum absolute atomic E-state index is 0.176. The molecule has 1 fully saturated rings. The van der Waals surface area contributed by atoms with E-state index >= 15 is 0 Å². The van der Waals surface area contributed by atoms with Gasteiger partial charge in [-0.25, -0.2) is 0 Å². The molecule has 7 nitrogen and oxygen atoms in total. The van der Waals surface area contributed by atoms with Crippen LogP contribution < -0.4 is 10.1 Å². The van der Waals surface area contributed by atoms with Crippen LogP contribution in [0.5, 0.6) is 5.75 Å². The molecule has 1 amide bonds. The Morgan fingerprint density at radius 2 is 1.93 bits per heavy atom. The number of benzene rings is 1. The molecule has 0 saturated carbocycles. The van der Waals surface area contributed by atoms with Crippen LogP contribution >= 0.6 is 0 Å². The number of nitrogens with one attached hydrogen (secondary N) is 1. The lowest BCUT2D eigenvalue weighted by Gasteiger charge is -2.32. The van der Waals surface area contributed by atoms with E-state index in [0.717, 1.165) is 63.0 Å². The number of carbonyl (C=O) groups excluding carboxylic acids is 1. The molecule has 1 aromatic carbocycles. The molecule has 0 spiro atoms. The number of hydrogen-bond acceptors (Lipinski definition) is 5. The minimum Gasteiger partial charge on any atom is -0.493 e. The van der Waals surface area contributed by atoms with E-state index in [9.17, 15) is 4.79 Å². The summed E-state index contributed by atoms with van der Waals surface area (Å²) in [4.78, 5) is 14.5. The Hall–Kier alpha value is -2.41. The van der Waals surface area contributed by atoms with E-state index in [4.69, 9.17) is 4.74 Å². The maximum atomic E-state index is 12.6. The van der Waals surface area contributed by atoms with Crippen LogP contribution in [0.3, 0.4) is 0 Å². The van der Waals surface area contributed by atoms with Crippen molar-refractivity contribution in [1.29, 1.82) is 0 Å². The van der Waals surface area contributed by atoms with Crippen molar-refractivity contribution >= 4 is 5.91 Å². The van der Waals surface area contributed by atoms with Crippen LogP contribution in [0.15, 0.2) is 24.3 Å². The Balaban J connectivity index is 1.22. The predicted molar refractivity (Wildman–Crippen MR) is 111 cm³/mol. The SMILES string of the molecule is CC(C)c1ccc(OCCC(=O)N2CCC(c3nnc4n3CCNC4)CC2)cc1. The first-order chi connectivity index (χ1) is 14.1. The molecule has 1 aromatic heterocycles. The van der Waals surface area contributed by atoms with Gasteiger partial charge in [0.15, 0.2) is 0 Å². The fourth-order valence-corrected chi connectivity index (χ4v) is 4.17. The summed E-state index contributed by atoms with van der Waals surface area (Å²) in [5, 5.41) is 12.1. The van der Waals surface area contributed by atoms with E-state index in [0.29, 0.717) is 24.9 Å². The molecule has 7 heteroatoms. The Kier molecular flexibility index (Phi) is 6.13. The summed E-state index contributed by atoms with van der Waals surface area (Å²) in [6, 6.07) is 8.15. The van der Waals surface area contributed by atoms with Crippen molar-refractivity contribution in [3.8, 4) is 5.75 Å². The second-order valence-electron chi connectivity index (χ2n) is 8.28. The van der Waals surface area contributed by atoms with Gasteiger partial charge in [0.05, 0.1) is 19.6 Å². The highest BCUT2D eigenvalue weighted by atomic mass is 16.5. The number of nitrogens with zero attached hydrogens (tertiary/aromatic N) is 4. The van der Waals surface area contributed by atoms with Crippen LogP contribution in [-0.2, 0) is 17.9 Å². The molecule has 29 heavy (non-hydrogen) atoms. The Morgan fingerprint density at radius 3 is 2.66 bits per heavy atom. The number of rotatable bonds is 6. The van der Waals surface area contributed by atoms with Crippen molar-refractivity contribution in [3.05, 3.63) is 41.5 Å². The lowest BCUT2D eigenvalue weighted by atomic mass is 9.95. The third kappa shape index (κ3) is 4.61.